The Morgan fingerprint density at radius 1 is 1.03 bits per heavy atom. The summed E-state index contributed by atoms with van der Waals surface area (Å²) in [5.74, 6) is 1.27. The molecule has 0 radical (unpaired) electrons. The van der Waals surface area contributed by atoms with Crippen LogP contribution in [0.25, 0.3) is 11.5 Å². The Kier molecular flexibility index (Phi) is 4.19. The number of imidazole rings is 1. The molecule has 0 spiro atoms. The highest BCUT2D eigenvalue weighted by molar-refractivity contribution is 5.49. The minimum Gasteiger partial charge on any atom is -0.352 e. The molecule has 9 nitrogen and oxygen atoms in total. The molecule has 5 heterocycles. The summed E-state index contributed by atoms with van der Waals surface area (Å²) in [6, 6.07) is 10.3. The van der Waals surface area contributed by atoms with E-state index < -0.39 is 0 Å². The van der Waals surface area contributed by atoms with Gasteiger partial charge in [0.1, 0.15) is 17.8 Å². The largest absolute Gasteiger partial charge is 0.352 e. The number of aromatic nitrogens is 6. The summed E-state index contributed by atoms with van der Waals surface area (Å²) in [7, 11) is 0. The van der Waals surface area contributed by atoms with Crippen LogP contribution in [0.1, 0.15) is 12.8 Å². The van der Waals surface area contributed by atoms with Crippen molar-refractivity contribution in [2.75, 3.05) is 11.4 Å². The van der Waals surface area contributed by atoms with E-state index in [1.165, 1.54) is 15.1 Å². The zero-order chi connectivity index (χ0) is 19.8. The Morgan fingerprint density at radius 3 is 2.83 bits per heavy atom. The van der Waals surface area contributed by atoms with Gasteiger partial charge in [-0.25, -0.2) is 14.6 Å². The lowest BCUT2D eigenvalue weighted by molar-refractivity contribution is 0.484. The van der Waals surface area contributed by atoms with E-state index in [1.54, 1.807) is 47.7 Å². The summed E-state index contributed by atoms with van der Waals surface area (Å²) < 4.78 is 4.76. The molecule has 0 N–H and O–H groups in total. The fraction of sp³-hybridized carbons (Fsp3) is 0.250. The monoisotopic (exact) mass is 389 g/mol. The highest BCUT2D eigenvalue weighted by Gasteiger charge is 2.27. The number of pyridine rings is 1. The Bertz CT molecular complexity index is 1280. The summed E-state index contributed by atoms with van der Waals surface area (Å²) in [4.78, 5) is 35.6. The van der Waals surface area contributed by atoms with Crippen molar-refractivity contribution in [1.29, 1.82) is 0 Å². The second-order valence-electron chi connectivity index (χ2n) is 7.05. The molecule has 1 unspecified atom stereocenters. The number of rotatable bonds is 4. The lowest BCUT2D eigenvalue weighted by Crippen LogP contribution is -2.38. The van der Waals surface area contributed by atoms with E-state index >= 15 is 0 Å². The average molecular weight is 389 g/mol. The van der Waals surface area contributed by atoms with Crippen molar-refractivity contribution in [3.63, 3.8) is 0 Å². The minimum atomic E-state index is -0.160. The molecular formula is C20H19N7O2. The quantitative estimate of drug-likeness (QED) is 0.519. The first-order valence-corrected chi connectivity index (χ1v) is 9.51. The predicted octanol–water partition coefficient (Wildman–Crippen LogP) is 1.11. The second-order valence-corrected chi connectivity index (χ2v) is 7.05. The smallest absolute Gasteiger partial charge is 0.266 e. The maximum atomic E-state index is 12.5. The molecule has 4 aromatic heterocycles. The number of hydrogen-bond donors (Lipinski definition) is 0. The van der Waals surface area contributed by atoms with Crippen LogP contribution < -0.4 is 16.0 Å². The Balaban J connectivity index is 1.47. The van der Waals surface area contributed by atoms with Gasteiger partial charge in [-0.2, -0.15) is 5.10 Å². The van der Waals surface area contributed by atoms with E-state index in [9.17, 15) is 9.59 Å². The second kappa shape index (κ2) is 7.01. The van der Waals surface area contributed by atoms with Crippen molar-refractivity contribution in [1.82, 2.24) is 28.7 Å². The fourth-order valence-corrected chi connectivity index (χ4v) is 3.82. The van der Waals surface area contributed by atoms with Crippen molar-refractivity contribution in [3.8, 4) is 5.82 Å². The van der Waals surface area contributed by atoms with Crippen LogP contribution >= 0.6 is 0 Å². The lowest BCUT2D eigenvalue weighted by atomic mass is 10.2. The zero-order valence-electron chi connectivity index (χ0n) is 15.6. The van der Waals surface area contributed by atoms with E-state index in [2.05, 4.69) is 20.0 Å². The van der Waals surface area contributed by atoms with E-state index in [1.807, 2.05) is 12.1 Å². The van der Waals surface area contributed by atoms with Crippen LogP contribution in [0.2, 0.25) is 0 Å². The Labute approximate surface area is 165 Å². The average Bonchev–Trinajstić information content (AvgIpc) is 3.42. The van der Waals surface area contributed by atoms with Gasteiger partial charge in [-0.05, 0) is 31.0 Å². The Hall–Kier alpha value is -3.75. The van der Waals surface area contributed by atoms with E-state index in [0.29, 0.717) is 23.8 Å². The van der Waals surface area contributed by atoms with Gasteiger partial charge in [0.05, 0.1) is 12.6 Å². The van der Waals surface area contributed by atoms with Crippen molar-refractivity contribution < 1.29 is 0 Å². The molecule has 0 amide bonds. The summed E-state index contributed by atoms with van der Waals surface area (Å²) in [5, 5.41) is 4.49. The maximum absolute atomic E-state index is 12.5. The summed E-state index contributed by atoms with van der Waals surface area (Å²) >= 11 is 0. The number of nitrogens with zero attached hydrogens (tertiary/aromatic N) is 7. The molecule has 0 aromatic carbocycles. The number of fused-ring (bicyclic) bond motifs is 1. The molecule has 1 aliphatic heterocycles. The third kappa shape index (κ3) is 3.20. The summed E-state index contributed by atoms with van der Waals surface area (Å²) in [5.41, 5.74) is 0.332. The highest BCUT2D eigenvalue weighted by Crippen LogP contribution is 2.24. The maximum Gasteiger partial charge on any atom is 0.266 e. The van der Waals surface area contributed by atoms with Gasteiger partial charge in [-0.1, -0.05) is 6.07 Å². The standard InChI is InChI=1S/C20H19N7O2/c28-19-7-6-17(24-11-8-21-14-24)23-27(19)13-15-4-3-10-25(15)18-12-20(29)26-9-2-1-5-16(26)22-18/h1-2,5-9,11-12,14-15H,3-4,10,13H2. The van der Waals surface area contributed by atoms with Crippen molar-refractivity contribution >= 4 is 11.5 Å². The fourth-order valence-electron chi connectivity index (χ4n) is 3.82. The van der Waals surface area contributed by atoms with Crippen molar-refractivity contribution in [3.05, 3.63) is 82.0 Å². The highest BCUT2D eigenvalue weighted by atomic mass is 16.1. The molecule has 5 rings (SSSR count). The molecule has 0 bridgehead atoms. The molecule has 1 fully saturated rings. The minimum absolute atomic E-state index is 0.0382. The van der Waals surface area contributed by atoms with Crippen LogP contribution in [0.5, 0.6) is 0 Å². The van der Waals surface area contributed by atoms with Crippen LogP contribution in [0.15, 0.2) is 70.9 Å². The van der Waals surface area contributed by atoms with Crippen LogP contribution in [0.3, 0.4) is 0 Å². The molecular weight excluding hydrogens is 370 g/mol. The van der Waals surface area contributed by atoms with Gasteiger partial charge < -0.3 is 4.90 Å². The summed E-state index contributed by atoms with van der Waals surface area (Å²) in [6.45, 7) is 1.22. The van der Waals surface area contributed by atoms with Crippen LogP contribution in [0.4, 0.5) is 5.82 Å². The first-order valence-electron chi connectivity index (χ1n) is 9.51. The first-order chi connectivity index (χ1) is 14.2. The van der Waals surface area contributed by atoms with Gasteiger partial charge in [-0.3, -0.25) is 18.6 Å². The van der Waals surface area contributed by atoms with Crippen molar-refractivity contribution in [2.24, 2.45) is 0 Å². The third-order valence-corrected chi connectivity index (χ3v) is 5.23. The molecule has 29 heavy (non-hydrogen) atoms. The van der Waals surface area contributed by atoms with Gasteiger partial charge in [0.15, 0.2) is 5.82 Å². The van der Waals surface area contributed by atoms with Gasteiger partial charge in [0, 0.05) is 37.3 Å². The molecule has 0 aliphatic carbocycles. The van der Waals surface area contributed by atoms with Crippen LogP contribution in [-0.2, 0) is 6.54 Å². The van der Waals surface area contributed by atoms with E-state index in [4.69, 9.17) is 0 Å². The molecule has 1 saturated heterocycles. The zero-order valence-corrected chi connectivity index (χ0v) is 15.6. The number of anilines is 1. The number of hydrogen-bond acceptors (Lipinski definition) is 6. The normalized spacial score (nSPS) is 16.6. The van der Waals surface area contributed by atoms with E-state index in [-0.39, 0.29) is 17.2 Å². The Morgan fingerprint density at radius 2 is 1.97 bits per heavy atom. The van der Waals surface area contributed by atoms with Crippen LogP contribution in [0, 0.1) is 0 Å². The topological polar surface area (TPSA) is 90.3 Å². The lowest BCUT2D eigenvalue weighted by Gasteiger charge is -2.26. The third-order valence-electron chi connectivity index (χ3n) is 5.23. The van der Waals surface area contributed by atoms with Gasteiger partial charge in [-0.15, -0.1) is 0 Å². The molecule has 0 saturated carbocycles. The SMILES string of the molecule is O=c1ccc(-n2ccnc2)nn1CC1CCCN1c1cc(=O)n2ccccc2n1. The molecule has 146 valence electrons. The predicted molar refractivity (Wildman–Crippen MR) is 107 cm³/mol. The van der Waals surface area contributed by atoms with Crippen molar-refractivity contribution in [2.45, 2.75) is 25.4 Å². The van der Waals surface area contributed by atoms with E-state index in [0.717, 1.165) is 19.4 Å². The van der Waals surface area contributed by atoms with Gasteiger partial charge in [0.25, 0.3) is 11.1 Å². The molecule has 4 aromatic rings. The van der Waals surface area contributed by atoms with Crippen LogP contribution in [-0.4, -0.2) is 41.3 Å². The van der Waals surface area contributed by atoms with Gasteiger partial charge in [0.2, 0.25) is 0 Å². The molecule has 9 heteroatoms. The molecule has 1 atom stereocenters. The molecule has 1 aliphatic rings. The summed E-state index contributed by atoms with van der Waals surface area (Å²) in [6.07, 6.45) is 8.67. The van der Waals surface area contributed by atoms with Gasteiger partial charge >= 0.3 is 0 Å². The first kappa shape index (κ1) is 17.4.